The molecule has 0 unspecified atom stereocenters. The Morgan fingerprint density at radius 2 is 1.71 bits per heavy atom. The number of carboxylic acids is 1. The third-order valence-electron chi connectivity index (χ3n) is 2.68. The van der Waals surface area contributed by atoms with Crippen molar-refractivity contribution in [2.75, 3.05) is 0 Å². The predicted octanol–water partition coefficient (Wildman–Crippen LogP) is 2.99. The summed E-state index contributed by atoms with van der Waals surface area (Å²) in [6, 6.07) is 2.63. The van der Waals surface area contributed by atoms with E-state index in [1.807, 2.05) is 0 Å². The van der Waals surface area contributed by atoms with Gasteiger partial charge in [-0.2, -0.15) is 0 Å². The van der Waals surface area contributed by atoms with E-state index in [1.54, 1.807) is 13.8 Å². The second-order valence-electron chi connectivity index (χ2n) is 3.71. The summed E-state index contributed by atoms with van der Waals surface area (Å²) in [7, 11) is 0. The molecule has 0 spiro atoms. The Balaban J connectivity index is 3.05. The van der Waals surface area contributed by atoms with Gasteiger partial charge >= 0.3 is 5.97 Å². The van der Waals surface area contributed by atoms with E-state index >= 15 is 0 Å². The molecule has 5 heteroatoms. The van der Waals surface area contributed by atoms with Crippen molar-refractivity contribution in [2.24, 2.45) is 0 Å². The summed E-state index contributed by atoms with van der Waals surface area (Å²) in [5.74, 6) is -2.86. The first-order valence-corrected chi connectivity index (χ1v) is 5.32. The van der Waals surface area contributed by atoms with Crippen LogP contribution in [0, 0.1) is 11.6 Å². The van der Waals surface area contributed by atoms with Crippen LogP contribution in [-0.4, -0.2) is 16.7 Å². The normalized spacial score (nSPS) is 11.3. The first-order chi connectivity index (χ1) is 7.93. The lowest BCUT2D eigenvalue weighted by molar-refractivity contribution is -0.156. The summed E-state index contributed by atoms with van der Waals surface area (Å²) >= 11 is 0. The molecule has 0 amide bonds. The molecule has 0 atom stereocenters. The zero-order valence-electron chi connectivity index (χ0n) is 9.67. The Hall–Kier alpha value is -1.65. The molecule has 0 radical (unpaired) electrons. The average Bonchev–Trinajstić information content (AvgIpc) is 2.24. The summed E-state index contributed by atoms with van der Waals surface area (Å²) in [5, 5.41) is 9.11. The third kappa shape index (κ3) is 2.93. The lowest BCUT2D eigenvalue weighted by Crippen LogP contribution is -2.43. The Labute approximate surface area is 98.0 Å². The number of carbonyl (C=O) groups is 1. The van der Waals surface area contributed by atoms with Gasteiger partial charge in [-0.05, 0) is 12.8 Å². The average molecular weight is 244 g/mol. The minimum Gasteiger partial charge on any atom is -0.478 e. The van der Waals surface area contributed by atoms with Gasteiger partial charge in [0, 0.05) is 18.2 Å². The molecule has 3 nitrogen and oxygen atoms in total. The summed E-state index contributed by atoms with van der Waals surface area (Å²) < 4.78 is 31.1. The highest BCUT2D eigenvalue weighted by Gasteiger charge is 2.37. The molecule has 0 saturated carbocycles. The number of aliphatic carboxylic acids is 1. The highest BCUT2D eigenvalue weighted by atomic mass is 19.1. The van der Waals surface area contributed by atoms with E-state index in [0.717, 1.165) is 12.1 Å². The summed E-state index contributed by atoms with van der Waals surface area (Å²) in [6.07, 6.45) is 0.411. The molecule has 0 bridgehead atoms. The second-order valence-corrected chi connectivity index (χ2v) is 3.71. The molecular weight excluding hydrogens is 230 g/mol. The fourth-order valence-corrected chi connectivity index (χ4v) is 1.55. The van der Waals surface area contributed by atoms with Crippen LogP contribution in [0.2, 0.25) is 0 Å². The van der Waals surface area contributed by atoms with Crippen molar-refractivity contribution in [2.45, 2.75) is 32.3 Å². The molecule has 0 fully saturated rings. The van der Waals surface area contributed by atoms with Gasteiger partial charge in [0.1, 0.15) is 17.4 Å². The van der Waals surface area contributed by atoms with Crippen LogP contribution in [0.15, 0.2) is 18.2 Å². The molecule has 0 heterocycles. The van der Waals surface area contributed by atoms with Crippen molar-refractivity contribution in [1.29, 1.82) is 0 Å². The van der Waals surface area contributed by atoms with Gasteiger partial charge in [0.05, 0.1) is 0 Å². The lowest BCUT2D eigenvalue weighted by Gasteiger charge is -2.28. The Morgan fingerprint density at radius 1 is 1.24 bits per heavy atom. The molecule has 0 aliphatic rings. The SMILES string of the molecule is CCC(CC)(Oc1cc(F)cc(F)c1)C(=O)O. The highest BCUT2D eigenvalue weighted by molar-refractivity contribution is 5.77. The fraction of sp³-hybridized carbons (Fsp3) is 0.417. The molecular formula is C12H14F2O3. The number of hydrogen-bond acceptors (Lipinski definition) is 2. The van der Waals surface area contributed by atoms with E-state index in [1.165, 1.54) is 0 Å². The first-order valence-electron chi connectivity index (χ1n) is 5.32. The molecule has 1 aromatic carbocycles. The van der Waals surface area contributed by atoms with E-state index in [2.05, 4.69) is 0 Å². The monoisotopic (exact) mass is 244 g/mol. The number of rotatable bonds is 5. The van der Waals surface area contributed by atoms with E-state index in [-0.39, 0.29) is 18.6 Å². The minimum absolute atomic E-state index is 0.117. The van der Waals surface area contributed by atoms with Crippen molar-refractivity contribution in [3.05, 3.63) is 29.8 Å². The first kappa shape index (κ1) is 13.4. The van der Waals surface area contributed by atoms with Crippen molar-refractivity contribution in [1.82, 2.24) is 0 Å². The van der Waals surface area contributed by atoms with Crippen LogP contribution in [0.1, 0.15) is 26.7 Å². The topological polar surface area (TPSA) is 46.5 Å². The minimum atomic E-state index is -1.44. The molecule has 0 saturated heterocycles. The van der Waals surface area contributed by atoms with Crippen molar-refractivity contribution < 1.29 is 23.4 Å². The van der Waals surface area contributed by atoms with Gasteiger partial charge in [-0.3, -0.25) is 0 Å². The van der Waals surface area contributed by atoms with Crippen LogP contribution in [0.5, 0.6) is 5.75 Å². The zero-order chi connectivity index (χ0) is 13.1. The maximum atomic E-state index is 12.9. The van der Waals surface area contributed by atoms with Gasteiger partial charge in [-0.15, -0.1) is 0 Å². The van der Waals surface area contributed by atoms with Crippen LogP contribution in [0.3, 0.4) is 0 Å². The van der Waals surface area contributed by atoms with Crippen LogP contribution >= 0.6 is 0 Å². The highest BCUT2D eigenvalue weighted by Crippen LogP contribution is 2.26. The van der Waals surface area contributed by atoms with Gasteiger partial charge in [-0.25, -0.2) is 13.6 Å². The Morgan fingerprint density at radius 3 is 2.06 bits per heavy atom. The number of hydrogen-bond donors (Lipinski definition) is 1. The predicted molar refractivity (Wildman–Crippen MR) is 57.9 cm³/mol. The van der Waals surface area contributed by atoms with Gasteiger partial charge in [-0.1, -0.05) is 13.8 Å². The quantitative estimate of drug-likeness (QED) is 0.866. The molecule has 0 aromatic heterocycles. The molecule has 0 aliphatic carbocycles. The fourth-order valence-electron chi connectivity index (χ4n) is 1.55. The van der Waals surface area contributed by atoms with Gasteiger partial charge in [0.15, 0.2) is 0 Å². The van der Waals surface area contributed by atoms with Crippen LogP contribution in [0.4, 0.5) is 8.78 Å². The summed E-state index contributed by atoms with van der Waals surface area (Å²) in [4.78, 5) is 11.1. The van der Waals surface area contributed by atoms with E-state index in [4.69, 9.17) is 9.84 Å². The smallest absolute Gasteiger partial charge is 0.348 e. The van der Waals surface area contributed by atoms with Crippen molar-refractivity contribution >= 4 is 5.97 Å². The largest absolute Gasteiger partial charge is 0.478 e. The van der Waals surface area contributed by atoms with E-state index < -0.39 is 23.2 Å². The van der Waals surface area contributed by atoms with Crippen molar-refractivity contribution in [3.63, 3.8) is 0 Å². The van der Waals surface area contributed by atoms with Gasteiger partial charge in [0.25, 0.3) is 0 Å². The summed E-state index contributed by atoms with van der Waals surface area (Å²) in [5.41, 5.74) is -1.44. The van der Waals surface area contributed by atoms with Crippen molar-refractivity contribution in [3.8, 4) is 5.75 Å². The third-order valence-corrected chi connectivity index (χ3v) is 2.68. The van der Waals surface area contributed by atoms with E-state index in [9.17, 15) is 13.6 Å². The Kier molecular flexibility index (Phi) is 4.04. The van der Waals surface area contributed by atoms with Gasteiger partial charge in [0.2, 0.25) is 5.60 Å². The number of halogens is 2. The second kappa shape index (κ2) is 5.12. The van der Waals surface area contributed by atoms with Crippen LogP contribution < -0.4 is 4.74 Å². The van der Waals surface area contributed by atoms with Crippen LogP contribution in [0.25, 0.3) is 0 Å². The lowest BCUT2D eigenvalue weighted by atomic mass is 9.97. The number of ether oxygens (including phenoxy) is 1. The Bertz CT molecular complexity index is 394. The zero-order valence-corrected chi connectivity index (χ0v) is 9.67. The maximum Gasteiger partial charge on any atom is 0.348 e. The molecule has 17 heavy (non-hydrogen) atoms. The van der Waals surface area contributed by atoms with E-state index in [0.29, 0.717) is 6.07 Å². The standard InChI is InChI=1S/C12H14F2O3/c1-3-12(4-2,11(15)16)17-10-6-8(13)5-9(14)7-10/h5-7H,3-4H2,1-2H3,(H,15,16). The number of carboxylic acid groups (broad SMARTS) is 1. The number of benzene rings is 1. The molecule has 94 valence electrons. The maximum absolute atomic E-state index is 12.9. The molecule has 1 N–H and O–H groups in total. The summed E-state index contributed by atoms with van der Waals surface area (Å²) in [6.45, 7) is 3.29. The van der Waals surface area contributed by atoms with Gasteiger partial charge < -0.3 is 9.84 Å². The molecule has 0 aliphatic heterocycles. The molecule has 1 aromatic rings. The molecule has 1 rings (SSSR count). The van der Waals surface area contributed by atoms with Crippen LogP contribution in [-0.2, 0) is 4.79 Å².